The Balaban J connectivity index is 1.58. The normalized spacial score (nSPS) is 9.96. The van der Waals surface area contributed by atoms with Crippen LogP contribution in [-0.4, -0.2) is 23.6 Å². The number of rotatable bonds is 5. The van der Waals surface area contributed by atoms with Crippen LogP contribution in [0.4, 0.5) is 5.69 Å². The van der Waals surface area contributed by atoms with E-state index >= 15 is 0 Å². The molecule has 0 aromatic heterocycles. The van der Waals surface area contributed by atoms with Crippen molar-refractivity contribution >= 4 is 17.6 Å². The molecule has 2 N–H and O–H groups in total. The summed E-state index contributed by atoms with van der Waals surface area (Å²) in [7, 11) is 0. The fourth-order valence-electron chi connectivity index (χ4n) is 2.54. The fraction of sp³-hybridized carbons (Fsp3) is 0.0455. The van der Waals surface area contributed by atoms with Gasteiger partial charge in [-0.3, -0.25) is 4.79 Å². The molecule has 6 nitrogen and oxygen atoms in total. The van der Waals surface area contributed by atoms with Crippen molar-refractivity contribution in [1.29, 1.82) is 5.26 Å². The lowest BCUT2D eigenvalue weighted by Crippen LogP contribution is -2.21. The van der Waals surface area contributed by atoms with Crippen molar-refractivity contribution in [3.63, 3.8) is 0 Å². The number of nitrogens with one attached hydrogen (secondary N) is 1. The van der Waals surface area contributed by atoms with E-state index in [4.69, 9.17) is 10.00 Å². The van der Waals surface area contributed by atoms with Crippen molar-refractivity contribution in [3.05, 3.63) is 83.9 Å². The van der Waals surface area contributed by atoms with Gasteiger partial charge in [0, 0.05) is 0 Å². The van der Waals surface area contributed by atoms with Gasteiger partial charge in [-0.2, -0.15) is 5.26 Å². The Hall–Kier alpha value is -4.11. The summed E-state index contributed by atoms with van der Waals surface area (Å²) in [4.78, 5) is 24.1. The van der Waals surface area contributed by atoms with Crippen molar-refractivity contribution in [2.24, 2.45) is 0 Å². The maximum absolute atomic E-state index is 12.1. The van der Waals surface area contributed by atoms with Gasteiger partial charge in [0.1, 0.15) is 11.8 Å². The Morgan fingerprint density at radius 3 is 2.18 bits per heavy atom. The van der Waals surface area contributed by atoms with E-state index < -0.39 is 18.5 Å². The molecule has 1 amide bonds. The first-order valence-electron chi connectivity index (χ1n) is 8.42. The van der Waals surface area contributed by atoms with Crippen LogP contribution in [0.25, 0.3) is 11.1 Å². The molecular formula is C22H16N2O4. The second-order valence-electron chi connectivity index (χ2n) is 5.91. The number of ether oxygens (including phenoxy) is 1. The molecule has 0 saturated heterocycles. The molecule has 0 atom stereocenters. The van der Waals surface area contributed by atoms with Crippen LogP contribution in [0.15, 0.2) is 72.8 Å². The van der Waals surface area contributed by atoms with Gasteiger partial charge in [-0.25, -0.2) is 4.79 Å². The zero-order valence-corrected chi connectivity index (χ0v) is 14.8. The van der Waals surface area contributed by atoms with Gasteiger partial charge in [-0.15, -0.1) is 0 Å². The minimum Gasteiger partial charge on any atom is -0.508 e. The van der Waals surface area contributed by atoms with Gasteiger partial charge in [0.15, 0.2) is 6.61 Å². The molecule has 0 aliphatic heterocycles. The smallest absolute Gasteiger partial charge is 0.338 e. The molecular weight excluding hydrogens is 356 g/mol. The zero-order valence-electron chi connectivity index (χ0n) is 14.8. The van der Waals surface area contributed by atoms with Crippen LogP contribution in [0.5, 0.6) is 5.75 Å². The van der Waals surface area contributed by atoms with Crippen LogP contribution in [0.3, 0.4) is 0 Å². The van der Waals surface area contributed by atoms with Crippen LogP contribution in [0.1, 0.15) is 15.9 Å². The number of aromatic hydroxyl groups is 1. The standard InChI is InChI=1S/C22H16N2O4/c23-13-18-3-1-2-4-20(18)24-21(26)14-28-22(27)17-7-5-15(6-8-17)16-9-11-19(25)12-10-16/h1-12,25H,14H2,(H,24,26). The third-order valence-electron chi connectivity index (χ3n) is 3.98. The highest BCUT2D eigenvalue weighted by atomic mass is 16.5. The van der Waals surface area contributed by atoms with E-state index in [1.165, 1.54) is 0 Å². The van der Waals surface area contributed by atoms with Crippen LogP contribution in [0, 0.1) is 11.3 Å². The van der Waals surface area contributed by atoms with E-state index in [2.05, 4.69) is 5.32 Å². The number of esters is 1. The number of nitrogens with zero attached hydrogens (tertiary/aromatic N) is 1. The molecule has 0 radical (unpaired) electrons. The predicted molar refractivity (Wildman–Crippen MR) is 104 cm³/mol. The van der Waals surface area contributed by atoms with Crippen LogP contribution < -0.4 is 5.32 Å². The van der Waals surface area contributed by atoms with E-state index in [9.17, 15) is 14.7 Å². The minimum atomic E-state index is -0.624. The van der Waals surface area contributed by atoms with Crippen LogP contribution in [0.2, 0.25) is 0 Å². The second kappa shape index (κ2) is 8.52. The average molecular weight is 372 g/mol. The molecule has 28 heavy (non-hydrogen) atoms. The summed E-state index contributed by atoms with van der Waals surface area (Å²) in [6.07, 6.45) is 0. The molecule has 0 aliphatic rings. The second-order valence-corrected chi connectivity index (χ2v) is 5.91. The Morgan fingerprint density at radius 2 is 1.54 bits per heavy atom. The van der Waals surface area contributed by atoms with Gasteiger partial charge in [0.05, 0.1) is 16.8 Å². The van der Waals surface area contributed by atoms with Crippen molar-refractivity contribution in [3.8, 4) is 22.9 Å². The SMILES string of the molecule is N#Cc1ccccc1NC(=O)COC(=O)c1ccc(-c2ccc(O)cc2)cc1. The van der Waals surface area contributed by atoms with Crippen molar-refractivity contribution in [2.45, 2.75) is 0 Å². The number of amides is 1. The molecule has 0 saturated carbocycles. The zero-order chi connectivity index (χ0) is 19.9. The molecule has 0 heterocycles. The van der Waals surface area contributed by atoms with Gasteiger partial charge in [0.25, 0.3) is 5.91 Å². The number of phenolic OH excluding ortho intramolecular Hbond substituents is 1. The Morgan fingerprint density at radius 1 is 0.929 bits per heavy atom. The first-order chi connectivity index (χ1) is 13.6. The quantitative estimate of drug-likeness (QED) is 0.665. The molecule has 138 valence electrons. The van der Waals surface area contributed by atoms with Gasteiger partial charge >= 0.3 is 5.97 Å². The Labute approximate surface area is 161 Å². The number of para-hydroxylation sites is 1. The van der Waals surface area contributed by atoms with E-state index in [0.717, 1.165) is 11.1 Å². The molecule has 0 aliphatic carbocycles. The first-order valence-corrected chi connectivity index (χ1v) is 8.42. The van der Waals surface area contributed by atoms with Gasteiger partial charge in [-0.1, -0.05) is 36.4 Å². The number of hydrogen-bond acceptors (Lipinski definition) is 5. The molecule has 3 rings (SSSR count). The van der Waals surface area contributed by atoms with Crippen molar-refractivity contribution in [2.75, 3.05) is 11.9 Å². The van der Waals surface area contributed by atoms with Crippen LogP contribution >= 0.6 is 0 Å². The van der Waals surface area contributed by atoms with E-state index in [1.807, 2.05) is 6.07 Å². The third kappa shape index (κ3) is 4.54. The first kappa shape index (κ1) is 18.7. The largest absolute Gasteiger partial charge is 0.508 e. The summed E-state index contributed by atoms with van der Waals surface area (Å²) in [5, 5.41) is 20.9. The number of phenols is 1. The summed E-state index contributed by atoms with van der Waals surface area (Å²) in [6, 6.07) is 22.0. The highest BCUT2D eigenvalue weighted by Gasteiger charge is 2.12. The topological polar surface area (TPSA) is 99.4 Å². The molecule has 0 fully saturated rings. The highest BCUT2D eigenvalue weighted by molar-refractivity contribution is 5.96. The third-order valence-corrected chi connectivity index (χ3v) is 3.98. The van der Waals surface area contributed by atoms with Crippen molar-refractivity contribution < 1.29 is 19.4 Å². The Bertz CT molecular complexity index is 1040. The van der Waals surface area contributed by atoms with E-state index in [0.29, 0.717) is 16.8 Å². The number of anilines is 1. The van der Waals surface area contributed by atoms with E-state index in [-0.39, 0.29) is 5.75 Å². The molecule has 3 aromatic rings. The maximum atomic E-state index is 12.1. The molecule has 6 heteroatoms. The summed E-state index contributed by atoms with van der Waals surface area (Å²) < 4.78 is 5.03. The predicted octanol–water partition coefficient (Wildman–Crippen LogP) is 3.73. The minimum absolute atomic E-state index is 0.180. The lowest BCUT2D eigenvalue weighted by molar-refractivity contribution is -0.119. The summed E-state index contributed by atoms with van der Waals surface area (Å²) >= 11 is 0. The average Bonchev–Trinajstić information content (AvgIpc) is 2.73. The molecule has 3 aromatic carbocycles. The summed E-state index contributed by atoms with van der Waals surface area (Å²) in [5.74, 6) is -0.975. The highest BCUT2D eigenvalue weighted by Crippen LogP contribution is 2.22. The Kier molecular flexibility index (Phi) is 5.68. The summed E-state index contributed by atoms with van der Waals surface area (Å²) in [6.45, 7) is -0.460. The monoisotopic (exact) mass is 372 g/mol. The molecule has 0 unspecified atom stereocenters. The number of benzene rings is 3. The van der Waals surface area contributed by atoms with Crippen molar-refractivity contribution in [1.82, 2.24) is 0 Å². The number of carbonyl (C=O) groups is 2. The fourth-order valence-corrected chi connectivity index (χ4v) is 2.54. The maximum Gasteiger partial charge on any atom is 0.338 e. The lowest BCUT2D eigenvalue weighted by Gasteiger charge is -2.08. The van der Waals surface area contributed by atoms with Gasteiger partial charge < -0.3 is 15.2 Å². The molecule has 0 bridgehead atoms. The number of carbonyl (C=O) groups excluding carboxylic acids is 2. The van der Waals surface area contributed by atoms with E-state index in [1.54, 1.807) is 72.8 Å². The lowest BCUT2D eigenvalue weighted by atomic mass is 10.0. The molecule has 0 spiro atoms. The number of nitriles is 1. The van der Waals surface area contributed by atoms with Crippen LogP contribution in [-0.2, 0) is 9.53 Å². The van der Waals surface area contributed by atoms with Gasteiger partial charge in [-0.05, 0) is 47.5 Å². The van der Waals surface area contributed by atoms with Gasteiger partial charge in [0.2, 0.25) is 0 Å². The number of hydrogen-bond donors (Lipinski definition) is 2. The summed E-state index contributed by atoms with van der Waals surface area (Å²) in [5.41, 5.74) is 2.78.